The Kier molecular flexibility index (Phi) is 7.74. The van der Waals surface area contributed by atoms with Crippen LogP contribution < -0.4 is 15.6 Å². The van der Waals surface area contributed by atoms with Crippen LogP contribution in [0.15, 0.2) is 41.6 Å². The van der Waals surface area contributed by atoms with Gasteiger partial charge in [-0.15, -0.1) is 11.8 Å². The molecule has 0 unspecified atom stereocenters. The molecule has 0 fully saturated rings. The number of halogens is 1. The van der Waals surface area contributed by atoms with Crippen LogP contribution in [0.4, 0.5) is 0 Å². The largest absolute Gasteiger partial charge is 0.493 e. The van der Waals surface area contributed by atoms with Gasteiger partial charge in [-0.2, -0.15) is 0 Å². The lowest BCUT2D eigenvalue weighted by atomic mass is 10.2. The second kappa shape index (κ2) is 10.0. The third kappa shape index (κ3) is 5.93. The third-order valence-corrected chi connectivity index (χ3v) is 4.41. The van der Waals surface area contributed by atoms with Gasteiger partial charge < -0.3 is 4.74 Å². The first-order valence-corrected chi connectivity index (χ1v) is 9.58. The second-order valence-corrected chi connectivity index (χ2v) is 6.66. The third-order valence-electron chi connectivity index (χ3n) is 3.47. The van der Waals surface area contributed by atoms with Crippen molar-refractivity contribution in [2.75, 3.05) is 12.9 Å². The van der Waals surface area contributed by atoms with Gasteiger partial charge in [-0.1, -0.05) is 11.6 Å². The smallest absolute Gasteiger partial charge is 0.272 e. The number of nitrogens with zero attached hydrogens (tertiary/aromatic N) is 1. The molecule has 0 aliphatic rings. The Morgan fingerprint density at radius 2 is 2.08 bits per heavy atom. The van der Waals surface area contributed by atoms with Crippen LogP contribution in [0.3, 0.4) is 0 Å². The van der Waals surface area contributed by atoms with Crippen molar-refractivity contribution in [1.29, 1.82) is 0 Å². The van der Waals surface area contributed by atoms with Gasteiger partial charge in [-0.05, 0) is 55.5 Å². The monoisotopic (exact) mass is 393 g/mol. The maximum absolute atomic E-state index is 12.1. The Balaban J connectivity index is 1.71. The molecule has 8 heteroatoms. The van der Waals surface area contributed by atoms with E-state index < -0.39 is 5.91 Å². The van der Waals surface area contributed by atoms with Gasteiger partial charge in [-0.3, -0.25) is 20.4 Å². The number of carbonyl (C=O) groups excluding carboxylic acids is 2. The SMILES string of the molecule is CSc1ncccc1C(=O)NNC(=O)CCCOc1ccc(Cl)cc1C. The number of hydrazine groups is 1. The molecule has 6 nitrogen and oxygen atoms in total. The fourth-order valence-electron chi connectivity index (χ4n) is 2.17. The molecule has 0 saturated heterocycles. The minimum absolute atomic E-state index is 0.231. The number of ether oxygens (including phenoxy) is 1. The molecule has 138 valence electrons. The fraction of sp³-hybridized carbons (Fsp3) is 0.278. The minimum Gasteiger partial charge on any atom is -0.493 e. The highest BCUT2D eigenvalue weighted by molar-refractivity contribution is 7.98. The summed E-state index contributed by atoms with van der Waals surface area (Å²) in [5.41, 5.74) is 6.16. The summed E-state index contributed by atoms with van der Waals surface area (Å²) < 4.78 is 5.63. The summed E-state index contributed by atoms with van der Waals surface area (Å²) in [6.45, 7) is 2.30. The number of pyridine rings is 1. The Morgan fingerprint density at radius 3 is 2.81 bits per heavy atom. The number of aromatic nitrogens is 1. The van der Waals surface area contributed by atoms with Gasteiger partial charge in [0.05, 0.1) is 12.2 Å². The molecule has 0 saturated carbocycles. The van der Waals surface area contributed by atoms with Gasteiger partial charge in [-0.25, -0.2) is 4.98 Å². The summed E-state index contributed by atoms with van der Waals surface area (Å²) in [5.74, 6) is 0.0532. The molecular weight excluding hydrogens is 374 g/mol. The molecule has 1 aromatic heterocycles. The first-order valence-electron chi connectivity index (χ1n) is 7.98. The zero-order valence-electron chi connectivity index (χ0n) is 14.5. The van der Waals surface area contributed by atoms with Crippen LogP contribution in [0.5, 0.6) is 5.75 Å². The highest BCUT2D eigenvalue weighted by Gasteiger charge is 2.12. The number of rotatable bonds is 7. The van der Waals surface area contributed by atoms with Crippen LogP contribution in [0.1, 0.15) is 28.8 Å². The average molecular weight is 394 g/mol. The normalized spacial score (nSPS) is 10.3. The van der Waals surface area contributed by atoms with E-state index in [9.17, 15) is 9.59 Å². The van der Waals surface area contributed by atoms with Gasteiger partial charge in [0.15, 0.2) is 0 Å². The number of amides is 2. The van der Waals surface area contributed by atoms with Crippen molar-refractivity contribution in [3.05, 3.63) is 52.7 Å². The molecule has 0 radical (unpaired) electrons. The van der Waals surface area contributed by atoms with E-state index in [2.05, 4.69) is 15.8 Å². The van der Waals surface area contributed by atoms with E-state index >= 15 is 0 Å². The predicted octanol–water partition coefficient (Wildman–Crippen LogP) is 3.39. The molecule has 2 N–H and O–H groups in total. The van der Waals surface area contributed by atoms with Gasteiger partial charge in [0, 0.05) is 17.6 Å². The van der Waals surface area contributed by atoms with Crippen molar-refractivity contribution in [3.63, 3.8) is 0 Å². The van der Waals surface area contributed by atoms with Crippen molar-refractivity contribution in [1.82, 2.24) is 15.8 Å². The number of benzene rings is 1. The van der Waals surface area contributed by atoms with Crippen LogP contribution in [0.25, 0.3) is 0 Å². The maximum atomic E-state index is 12.1. The van der Waals surface area contributed by atoms with Crippen LogP contribution in [0.2, 0.25) is 5.02 Å². The summed E-state index contributed by atoms with van der Waals surface area (Å²) >= 11 is 7.26. The number of thioether (sulfide) groups is 1. The topological polar surface area (TPSA) is 80.3 Å². The number of carbonyl (C=O) groups is 2. The minimum atomic E-state index is -0.399. The highest BCUT2D eigenvalue weighted by atomic mass is 35.5. The summed E-state index contributed by atoms with van der Waals surface area (Å²) in [5, 5.41) is 1.26. The molecule has 2 rings (SSSR count). The Morgan fingerprint density at radius 1 is 1.27 bits per heavy atom. The van der Waals surface area contributed by atoms with Gasteiger partial charge in [0.2, 0.25) is 5.91 Å². The van der Waals surface area contributed by atoms with Crippen LogP contribution in [-0.2, 0) is 4.79 Å². The van der Waals surface area contributed by atoms with Gasteiger partial charge >= 0.3 is 0 Å². The first kappa shape index (κ1) is 20.1. The van der Waals surface area contributed by atoms with Crippen molar-refractivity contribution in [3.8, 4) is 5.75 Å². The number of nitrogens with one attached hydrogen (secondary N) is 2. The van der Waals surface area contributed by atoms with Gasteiger partial charge in [0.25, 0.3) is 5.91 Å². The first-order chi connectivity index (χ1) is 12.5. The molecule has 1 heterocycles. The second-order valence-electron chi connectivity index (χ2n) is 5.42. The lowest BCUT2D eigenvalue weighted by molar-refractivity contribution is -0.122. The molecule has 1 aromatic carbocycles. The van der Waals surface area contributed by atoms with E-state index in [0.29, 0.717) is 28.6 Å². The molecule has 0 aliphatic heterocycles. The lowest BCUT2D eigenvalue weighted by Gasteiger charge is -2.10. The fourth-order valence-corrected chi connectivity index (χ4v) is 2.95. The van der Waals surface area contributed by atoms with Crippen molar-refractivity contribution in [2.24, 2.45) is 0 Å². The quantitative estimate of drug-likeness (QED) is 0.428. The zero-order chi connectivity index (χ0) is 18.9. The molecule has 26 heavy (non-hydrogen) atoms. The molecule has 0 bridgehead atoms. The molecule has 2 amide bonds. The van der Waals surface area contributed by atoms with Crippen LogP contribution >= 0.6 is 23.4 Å². The summed E-state index contributed by atoms with van der Waals surface area (Å²) in [6.07, 6.45) is 4.20. The Labute approximate surface area is 161 Å². The molecule has 0 atom stereocenters. The molecule has 2 aromatic rings. The van der Waals surface area contributed by atoms with Crippen molar-refractivity contribution >= 4 is 35.2 Å². The maximum Gasteiger partial charge on any atom is 0.272 e. The van der Waals surface area contributed by atoms with E-state index in [4.69, 9.17) is 16.3 Å². The Hall–Kier alpha value is -2.25. The Bertz CT molecular complexity index is 786. The summed E-state index contributed by atoms with van der Waals surface area (Å²) in [4.78, 5) is 28.0. The van der Waals surface area contributed by atoms with Crippen molar-refractivity contribution < 1.29 is 14.3 Å². The lowest BCUT2D eigenvalue weighted by Crippen LogP contribution is -2.41. The molecular formula is C18H20ClN3O3S. The van der Waals surface area contributed by atoms with E-state index in [-0.39, 0.29) is 12.3 Å². The summed E-state index contributed by atoms with van der Waals surface area (Å²) in [7, 11) is 0. The van der Waals surface area contributed by atoms with E-state index in [1.165, 1.54) is 11.8 Å². The zero-order valence-corrected chi connectivity index (χ0v) is 16.1. The number of hydrogen-bond acceptors (Lipinski definition) is 5. The highest BCUT2D eigenvalue weighted by Crippen LogP contribution is 2.22. The van der Waals surface area contributed by atoms with E-state index in [1.807, 2.05) is 19.2 Å². The van der Waals surface area contributed by atoms with Crippen LogP contribution in [-0.4, -0.2) is 29.7 Å². The molecule has 0 spiro atoms. The predicted molar refractivity (Wildman–Crippen MR) is 103 cm³/mol. The van der Waals surface area contributed by atoms with Crippen molar-refractivity contribution in [2.45, 2.75) is 24.8 Å². The summed E-state index contributed by atoms with van der Waals surface area (Å²) in [6, 6.07) is 8.71. The standard InChI is InChI=1S/C18H20ClN3O3S/c1-12-11-13(19)7-8-15(12)25-10-4-6-16(23)21-22-17(24)14-5-3-9-20-18(14)26-2/h3,5,7-9,11H,4,6,10H2,1-2H3,(H,21,23)(H,22,24). The number of hydrogen-bond donors (Lipinski definition) is 2. The van der Waals surface area contributed by atoms with E-state index in [0.717, 1.165) is 11.3 Å². The molecule has 0 aliphatic carbocycles. The van der Waals surface area contributed by atoms with Crippen LogP contribution in [0, 0.1) is 6.92 Å². The number of aryl methyl sites for hydroxylation is 1. The van der Waals surface area contributed by atoms with E-state index in [1.54, 1.807) is 30.5 Å². The average Bonchev–Trinajstić information content (AvgIpc) is 2.64. The van der Waals surface area contributed by atoms with Gasteiger partial charge in [0.1, 0.15) is 10.8 Å².